The summed E-state index contributed by atoms with van der Waals surface area (Å²) in [5.74, 6) is 7.57. The van der Waals surface area contributed by atoms with Crippen LogP contribution in [0.1, 0.15) is 76.2 Å². The molecule has 5 rings (SSSR count). The molecule has 7 heteroatoms. The van der Waals surface area contributed by atoms with Gasteiger partial charge in [0.25, 0.3) is 0 Å². The van der Waals surface area contributed by atoms with Gasteiger partial charge in [0.2, 0.25) is 0 Å². The van der Waals surface area contributed by atoms with E-state index in [1.807, 2.05) is 30.3 Å². The second-order valence-electron chi connectivity index (χ2n) is 10.6. The highest BCUT2D eigenvalue weighted by atomic mass is 16.1. The van der Waals surface area contributed by atoms with E-state index in [0.29, 0.717) is 37.3 Å². The number of ketones is 1. The van der Waals surface area contributed by atoms with Gasteiger partial charge in [0, 0.05) is 5.57 Å². The number of hydrogen-bond donors (Lipinski definition) is 3. The summed E-state index contributed by atoms with van der Waals surface area (Å²) in [6.07, 6.45) is 11.6. The third-order valence-electron chi connectivity index (χ3n) is 9.38. The van der Waals surface area contributed by atoms with Gasteiger partial charge in [-0.2, -0.15) is 15.3 Å². The minimum absolute atomic E-state index is 0.113. The van der Waals surface area contributed by atoms with Crippen LogP contribution in [0.25, 0.3) is 5.57 Å². The smallest absolute Gasteiger partial charge is 0.195 e. The Morgan fingerprint density at radius 1 is 0.909 bits per heavy atom. The van der Waals surface area contributed by atoms with Gasteiger partial charge < -0.3 is 5.84 Å². The Balaban J connectivity index is 1.46. The largest absolute Gasteiger partial charge is 0.323 e. The van der Waals surface area contributed by atoms with Crippen LogP contribution in [0.5, 0.6) is 0 Å². The summed E-state index contributed by atoms with van der Waals surface area (Å²) in [6.45, 7) is 0. The number of rotatable bonds is 4. The van der Waals surface area contributed by atoms with Crippen LogP contribution in [-0.2, 0) is 4.79 Å². The molecule has 4 N–H and O–H groups in total. The average molecular weight is 447 g/mol. The van der Waals surface area contributed by atoms with E-state index < -0.39 is 5.41 Å². The number of Topliss-reactive ketones (excluding diaryl/α,β-unsaturated/α-hetero) is 1. The Morgan fingerprint density at radius 2 is 1.61 bits per heavy atom. The van der Waals surface area contributed by atoms with Crippen molar-refractivity contribution in [2.75, 3.05) is 0 Å². The molecule has 0 bridgehead atoms. The lowest BCUT2D eigenvalue weighted by molar-refractivity contribution is -0.121. The van der Waals surface area contributed by atoms with E-state index in [1.54, 1.807) is 0 Å². The first kappa shape index (κ1) is 22.1. The number of nitrogens with one attached hydrogen (secondary N) is 2. The monoisotopic (exact) mass is 446 g/mol. The maximum Gasteiger partial charge on any atom is 0.195 e. The second-order valence-corrected chi connectivity index (χ2v) is 10.6. The summed E-state index contributed by atoms with van der Waals surface area (Å²) in [5.41, 5.74) is 16.9. The molecule has 3 saturated carbocycles. The third-order valence-corrected chi connectivity index (χ3v) is 9.38. The second kappa shape index (κ2) is 8.58. The molecule has 0 aliphatic heterocycles. The van der Waals surface area contributed by atoms with Crippen LogP contribution in [0.4, 0.5) is 0 Å². The van der Waals surface area contributed by atoms with Crippen LogP contribution in [0.2, 0.25) is 0 Å². The van der Waals surface area contributed by atoms with Gasteiger partial charge in [-0.15, -0.1) is 0 Å². The molecule has 1 spiro atoms. The van der Waals surface area contributed by atoms with Gasteiger partial charge in [0.15, 0.2) is 11.5 Å². The van der Waals surface area contributed by atoms with Crippen molar-refractivity contribution in [3.8, 4) is 0 Å². The van der Waals surface area contributed by atoms with Gasteiger partial charge in [-0.05, 0) is 68.3 Å². The van der Waals surface area contributed by atoms with E-state index in [4.69, 9.17) is 16.9 Å². The Labute approximate surface area is 195 Å². The standard InChI is InChI=1S/C26H34N6O/c27-30-22-21(18-7-2-1-3-8-18)25(24(33)23(22)31-28)12-14-26(32-29,15-13-25)20-11-10-17-6-4-5-9-19(17)16-20/h1-3,7-8,17,19-20,27,29H,4-6,9-16,28H2. The number of hydrogen-bond acceptors (Lipinski definition) is 7. The van der Waals surface area contributed by atoms with Gasteiger partial charge in [-0.3, -0.25) is 4.79 Å². The van der Waals surface area contributed by atoms with Crippen molar-refractivity contribution in [2.45, 2.75) is 76.2 Å². The minimum atomic E-state index is -0.782. The first-order chi connectivity index (χ1) is 16.1. The first-order valence-corrected chi connectivity index (χ1v) is 12.5. The molecule has 1 aromatic carbocycles. The molecule has 7 nitrogen and oxygen atoms in total. The molecule has 4 aliphatic carbocycles. The summed E-state index contributed by atoms with van der Waals surface area (Å²) in [4.78, 5) is 13.7. The Bertz CT molecular complexity index is 1000. The van der Waals surface area contributed by atoms with E-state index >= 15 is 0 Å². The number of carbonyl (C=O) groups excluding carboxylic acids is 1. The molecule has 174 valence electrons. The molecule has 3 atom stereocenters. The lowest BCUT2D eigenvalue weighted by Crippen LogP contribution is -2.48. The molecule has 3 unspecified atom stereocenters. The molecule has 3 fully saturated rings. The number of allylic oxidation sites excluding steroid dienone is 2. The van der Waals surface area contributed by atoms with E-state index in [9.17, 15) is 4.79 Å². The number of nitrogens with zero attached hydrogens (tertiary/aromatic N) is 3. The van der Waals surface area contributed by atoms with Gasteiger partial charge >= 0.3 is 0 Å². The van der Waals surface area contributed by atoms with Crippen molar-refractivity contribution in [3.63, 3.8) is 0 Å². The van der Waals surface area contributed by atoms with Crippen LogP contribution in [0.15, 0.2) is 51.4 Å². The zero-order chi connectivity index (χ0) is 23.1. The van der Waals surface area contributed by atoms with Gasteiger partial charge in [0.05, 0.1) is 11.0 Å². The molecule has 1 aromatic rings. The van der Waals surface area contributed by atoms with E-state index in [1.165, 1.54) is 38.5 Å². The van der Waals surface area contributed by atoms with Crippen LogP contribution in [0, 0.1) is 34.2 Å². The van der Waals surface area contributed by atoms with Crippen LogP contribution in [0.3, 0.4) is 0 Å². The predicted octanol–water partition coefficient (Wildman–Crippen LogP) is 6.26. The highest BCUT2D eigenvalue weighted by Crippen LogP contribution is 2.59. The van der Waals surface area contributed by atoms with Crippen molar-refractivity contribution >= 4 is 17.1 Å². The van der Waals surface area contributed by atoms with E-state index in [-0.39, 0.29) is 17.0 Å². The fourth-order valence-corrected chi connectivity index (χ4v) is 7.60. The molecule has 33 heavy (non-hydrogen) atoms. The van der Waals surface area contributed by atoms with Crippen LogP contribution < -0.4 is 5.84 Å². The molecule has 0 saturated heterocycles. The van der Waals surface area contributed by atoms with Crippen LogP contribution >= 0.6 is 0 Å². The molecule has 0 amide bonds. The van der Waals surface area contributed by atoms with E-state index in [0.717, 1.165) is 29.4 Å². The number of carbonyl (C=O) groups is 1. The van der Waals surface area contributed by atoms with E-state index in [2.05, 4.69) is 15.3 Å². The fourth-order valence-electron chi connectivity index (χ4n) is 7.60. The zero-order valence-corrected chi connectivity index (χ0v) is 19.2. The highest BCUT2D eigenvalue weighted by molar-refractivity contribution is 6.54. The number of nitrogens with two attached hydrogens (primary N) is 1. The molecular formula is C26H34N6O. The Hall–Kier alpha value is -2.70. The topological polar surface area (TPSA) is 128 Å². The molecule has 0 aromatic heterocycles. The Kier molecular flexibility index (Phi) is 5.75. The van der Waals surface area contributed by atoms with Crippen LogP contribution in [-0.4, -0.2) is 17.0 Å². The maximum absolute atomic E-state index is 13.7. The summed E-state index contributed by atoms with van der Waals surface area (Å²) in [5, 5.41) is 11.8. The molecule has 0 radical (unpaired) electrons. The Morgan fingerprint density at radius 3 is 2.24 bits per heavy atom. The highest BCUT2D eigenvalue weighted by Gasteiger charge is 2.58. The quantitative estimate of drug-likeness (QED) is 0.286. The van der Waals surface area contributed by atoms with Gasteiger partial charge in [-0.1, -0.05) is 56.0 Å². The fraction of sp³-hybridized carbons (Fsp3) is 0.615. The normalized spacial score (nSPS) is 37.9. The molecular weight excluding hydrogens is 412 g/mol. The van der Waals surface area contributed by atoms with Gasteiger partial charge in [0.1, 0.15) is 5.70 Å². The lowest BCUT2D eigenvalue weighted by atomic mass is 9.56. The maximum atomic E-state index is 13.7. The zero-order valence-electron chi connectivity index (χ0n) is 19.2. The lowest BCUT2D eigenvalue weighted by Gasteiger charge is -2.50. The summed E-state index contributed by atoms with van der Waals surface area (Å²) < 4.78 is 0. The summed E-state index contributed by atoms with van der Waals surface area (Å²) >= 11 is 0. The predicted molar refractivity (Wildman–Crippen MR) is 127 cm³/mol. The van der Waals surface area contributed by atoms with Crippen molar-refractivity contribution in [2.24, 2.45) is 44.3 Å². The SMILES string of the molecule is N=NC1=C(c2ccccc2)C2(CCC(N=N)(C3CCC4CCCCC4C3)CC2)C(=O)C1=NN. The van der Waals surface area contributed by atoms with Crippen molar-refractivity contribution in [1.82, 2.24) is 0 Å². The number of benzene rings is 1. The molecule has 4 aliphatic rings. The first-order valence-electron chi connectivity index (χ1n) is 12.5. The molecule has 0 heterocycles. The van der Waals surface area contributed by atoms with Crippen molar-refractivity contribution in [1.29, 1.82) is 11.1 Å². The minimum Gasteiger partial charge on any atom is -0.323 e. The number of hydrazone groups is 1. The van der Waals surface area contributed by atoms with Crippen molar-refractivity contribution < 1.29 is 4.79 Å². The average Bonchev–Trinajstić information content (AvgIpc) is 3.11. The number of fused-ring (bicyclic) bond motifs is 1. The summed E-state index contributed by atoms with van der Waals surface area (Å²) in [7, 11) is 0. The van der Waals surface area contributed by atoms with Crippen molar-refractivity contribution in [3.05, 3.63) is 41.6 Å². The van der Waals surface area contributed by atoms with Gasteiger partial charge in [-0.25, -0.2) is 11.1 Å². The summed E-state index contributed by atoms with van der Waals surface area (Å²) in [6, 6.07) is 9.75. The third kappa shape index (κ3) is 3.39.